The maximum absolute atomic E-state index is 6.20. The van der Waals surface area contributed by atoms with Crippen LogP contribution in [0.15, 0.2) is 11.5 Å². The molecule has 0 amide bonds. The molecule has 0 bridgehead atoms. The molecule has 0 fully saturated rings. The van der Waals surface area contributed by atoms with Crippen LogP contribution in [-0.2, 0) is 4.43 Å². The summed E-state index contributed by atoms with van der Waals surface area (Å²) in [5, 5.41) is 0.291. The van der Waals surface area contributed by atoms with Crippen LogP contribution < -0.4 is 0 Å². The minimum absolute atomic E-state index is 0.269. The molecule has 0 aromatic rings. The molecule has 0 aromatic carbocycles. The van der Waals surface area contributed by atoms with E-state index in [4.69, 9.17) is 4.43 Å². The molecule has 1 atom stereocenters. The Balaban J connectivity index is 4.36. The third-order valence-corrected chi connectivity index (χ3v) is 9.35. The molecule has 0 rings (SSSR count). The highest BCUT2D eigenvalue weighted by atomic mass is 79.9. The van der Waals surface area contributed by atoms with Crippen LogP contribution in [0.5, 0.6) is 0 Å². The van der Waals surface area contributed by atoms with E-state index in [1.54, 1.807) is 0 Å². The van der Waals surface area contributed by atoms with Crippen LogP contribution in [0, 0.1) is 5.92 Å². The van der Waals surface area contributed by atoms with E-state index in [2.05, 4.69) is 85.3 Å². The molecule has 0 spiro atoms. The van der Waals surface area contributed by atoms with Crippen molar-refractivity contribution in [3.05, 3.63) is 11.5 Å². The van der Waals surface area contributed by atoms with E-state index in [-0.39, 0.29) is 4.36 Å². The molecular weight excluding hydrogens is 359 g/mol. The van der Waals surface area contributed by atoms with E-state index in [9.17, 15) is 0 Å². The van der Waals surface area contributed by atoms with Crippen molar-refractivity contribution in [2.24, 2.45) is 5.92 Å². The van der Waals surface area contributed by atoms with Gasteiger partial charge >= 0.3 is 4.36 Å². The van der Waals surface area contributed by atoms with Crippen LogP contribution in [0.2, 0.25) is 18.1 Å². The Labute approximate surface area is 125 Å². The molecule has 0 aliphatic carbocycles. The van der Waals surface area contributed by atoms with Gasteiger partial charge in [-0.15, -0.1) is 31.5 Å². The Bertz CT molecular complexity index is 272. The van der Waals surface area contributed by atoms with Gasteiger partial charge in [0.2, 0.25) is 0 Å². The fourth-order valence-electron chi connectivity index (χ4n) is 1.13. The fourth-order valence-corrected chi connectivity index (χ4v) is 2.54. The summed E-state index contributed by atoms with van der Waals surface area (Å²) in [6.45, 7) is 16.6. The molecule has 0 heterocycles. The molecule has 0 aliphatic heterocycles. The van der Waals surface area contributed by atoms with Crippen LogP contribution in [0.3, 0.4) is 0 Å². The lowest BCUT2D eigenvalue weighted by atomic mass is 9.93. The van der Waals surface area contributed by atoms with Crippen LogP contribution in [0.4, 0.5) is 0 Å². The van der Waals surface area contributed by atoms with Crippen LogP contribution in [-0.4, -0.2) is 19.3 Å². The van der Waals surface area contributed by atoms with Gasteiger partial charge in [0.25, 0.3) is 0 Å². The van der Waals surface area contributed by atoms with E-state index in [1.165, 1.54) is 5.47 Å². The Morgan fingerprint density at radius 1 is 1.35 bits per heavy atom. The van der Waals surface area contributed by atoms with Gasteiger partial charge in [-0.25, -0.2) is 0 Å². The Morgan fingerprint density at radius 3 is 2.18 bits per heavy atom. The number of halogens is 2. The lowest BCUT2D eigenvalue weighted by Crippen LogP contribution is -2.41. The maximum atomic E-state index is 6.20. The van der Waals surface area contributed by atoms with Gasteiger partial charge in [-0.05, 0) is 24.1 Å². The number of rotatable bonds is 5. The minimum Gasteiger partial charge on any atom is -0.416 e. The highest BCUT2D eigenvalue weighted by Gasteiger charge is 2.37. The van der Waals surface area contributed by atoms with Gasteiger partial charge in [-0.3, -0.25) is 0 Å². The molecule has 5 heteroatoms. The second-order valence-electron chi connectivity index (χ2n) is 6.26. The van der Waals surface area contributed by atoms with Gasteiger partial charge in [0.1, 0.15) is 0 Å². The smallest absolute Gasteiger partial charge is 0.325 e. The maximum Gasteiger partial charge on any atom is 0.325 e. The second kappa shape index (κ2) is 6.92. The molecule has 100 valence electrons. The molecule has 0 unspecified atom stereocenters. The predicted octanol–water partition coefficient (Wildman–Crippen LogP) is 5.41. The first-order chi connectivity index (χ1) is 7.47. The molecule has 17 heavy (non-hydrogen) atoms. The normalized spacial score (nSPS) is 15.9. The van der Waals surface area contributed by atoms with E-state index in [1.807, 2.05) is 0 Å². The van der Waals surface area contributed by atoms with Crippen molar-refractivity contribution in [2.45, 2.75) is 52.8 Å². The molecule has 0 saturated heterocycles. The lowest BCUT2D eigenvalue weighted by molar-refractivity contribution is 0.259. The SMILES string of the molecule is C/C(=C/[C@@H](C)CO[Si](C)(C)C(C)(C)C)B(Br)Br. The van der Waals surface area contributed by atoms with Crippen molar-refractivity contribution in [1.29, 1.82) is 0 Å². The summed E-state index contributed by atoms with van der Waals surface area (Å²) in [5.74, 6) is 0.460. The van der Waals surface area contributed by atoms with Gasteiger partial charge in [-0.1, -0.05) is 46.2 Å². The summed E-state index contributed by atoms with van der Waals surface area (Å²) in [4.78, 5) is 0. The summed E-state index contributed by atoms with van der Waals surface area (Å²) in [5.41, 5.74) is 1.30. The molecule has 0 radical (unpaired) electrons. The first kappa shape index (κ1) is 17.9. The zero-order valence-electron chi connectivity index (χ0n) is 12.1. The van der Waals surface area contributed by atoms with Gasteiger partial charge in [0.05, 0.1) is 0 Å². The summed E-state index contributed by atoms with van der Waals surface area (Å²) in [6, 6.07) is 0. The third kappa shape index (κ3) is 6.60. The Morgan fingerprint density at radius 2 is 1.82 bits per heavy atom. The summed E-state index contributed by atoms with van der Waals surface area (Å²) in [6.07, 6.45) is 2.27. The largest absolute Gasteiger partial charge is 0.416 e. The van der Waals surface area contributed by atoms with E-state index in [0.717, 1.165) is 6.61 Å². The average molecular weight is 384 g/mol. The van der Waals surface area contributed by atoms with Crippen molar-refractivity contribution < 1.29 is 4.43 Å². The summed E-state index contributed by atoms with van der Waals surface area (Å²) < 4.78 is 6.47. The van der Waals surface area contributed by atoms with Gasteiger partial charge in [0, 0.05) is 6.61 Å². The summed E-state index contributed by atoms with van der Waals surface area (Å²) >= 11 is 7.01. The molecule has 1 nitrogen and oxygen atoms in total. The van der Waals surface area contributed by atoms with Crippen LogP contribution >= 0.6 is 31.5 Å². The van der Waals surface area contributed by atoms with Gasteiger partial charge in [-0.2, -0.15) is 0 Å². The predicted molar refractivity (Wildman–Crippen MR) is 89.7 cm³/mol. The zero-order valence-corrected chi connectivity index (χ0v) is 16.3. The first-order valence-corrected chi connectivity index (χ1v) is 10.8. The van der Waals surface area contributed by atoms with Crippen LogP contribution in [0.1, 0.15) is 34.6 Å². The van der Waals surface area contributed by atoms with E-state index >= 15 is 0 Å². The molecule has 0 aromatic heterocycles. The molecule has 0 N–H and O–H groups in total. The lowest BCUT2D eigenvalue weighted by Gasteiger charge is -2.36. The molecular formula is C12H25BBr2OSi. The van der Waals surface area contributed by atoms with E-state index in [0.29, 0.717) is 11.0 Å². The zero-order chi connectivity index (χ0) is 13.9. The average Bonchev–Trinajstić information content (AvgIpc) is 2.12. The van der Waals surface area contributed by atoms with E-state index < -0.39 is 8.32 Å². The number of allylic oxidation sites excluding steroid dienone is 1. The quantitative estimate of drug-likeness (QED) is 0.577. The van der Waals surface area contributed by atoms with Gasteiger partial charge in [0.15, 0.2) is 8.32 Å². The first-order valence-electron chi connectivity index (χ1n) is 6.08. The number of hydrogen-bond donors (Lipinski definition) is 0. The molecule has 0 aliphatic rings. The third-order valence-electron chi connectivity index (χ3n) is 3.40. The second-order valence-corrected chi connectivity index (χ2v) is 14.1. The fraction of sp³-hybridized carbons (Fsp3) is 0.833. The molecule has 0 saturated carbocycles. The van der Waals surface area contributed by atoms with Crippen LogP contribution in [0.25, 0.3) is 0 Å². The highest BCUT2D eigenvalue weighted by molar-refractivity contribution is 9.49. The topological polar surface area (TPSA) is 9.23 Å². The highest BCUT2D eigenvalue weighted by Crippen LogP contribution is 2.36. The summed E-state index contributed by atoms with van der Waals surface area (Å²) in [7, 11) is -1.60. The van der Waals surface area contributed by atoms with Crippen molar-refractivity contribution in [1.82, 2.24) is 0 Å². The van der Waals surface area contributed by atoms with Crippen molar-refractivity contribution in [3.63, 3.8) is 0 Å². The van der Waals surface area contributed by atoms with Crippen molar-refractivity contribution in [3.8, 4) is 0 Å². The standard InChI is InChI=1S/C12H25BBr2OSi/c1-10(8-11(2)13(14)15)9-16-17(6,7)12(3,4)5/h8,10H,9H2,1-7H3/b11-8-/t10-/m1/s1. The Hall–Kier alpha value is 0.942. The van der Waals surface area contributed by atoms with Gasteiger partial charge < -0.3 is 4.43 Å². The minimum atomic E-state index is -1.60. The Kier molecular flexibility index (Phi) is 7.30. The monoisotopic (exact) mass is 382 g/mol. The van der Waals surface area contributed by atoms with Crippen molar-refractivity contribution >= 4 is 44.2 Å². The number of hydrogen-bond acceptors (Lipinski definition) is 1. The van der Waals surface area contributed by atoms with Crippen molar-refractivity contribution in [2.75, 3.05) is 6.61 Å².